The number of carbonyl (C=O) groups is 1. The fourth-order valence-electron chi connectivity index (χ4n) is 2.05. The zero-order chi connectivity index (χ0) is 24.8. The third kappa shape index (κ3) is 3.13. The summed E-state index contributed by atoms with van der Waals surface area (Å²) in [7, 11) is 0. The summed E-state index contributed by atoms with van der Waals surface area (Å²) in [6.45, 7) is 0. The third-order valence-corrected chi connectivity index (χ3v) is 3.74. The summed E-state index contributed by atoms with van der Waals surface area (Å²) in [4.78, 5) is 10.0. The average molecular weight is 514 g/mol. The predicted octanol–water partition coefficient (Wildman–Crippen LogP) is 0.476. The molecule has 0 aromatic rings. The number of aliphatic carboxylic acids is 1. The monoisotopic (exact) mass is 514 g/mol. The zero-order valence-electron chi connectivity index (χ0n) is 13.7. The third-order valence-electron chi connectivity index (χ3n) is 3.74. The van der Waals surface area contributed by atoms with Gasteiger partial charge in [-0.05, 0) is 0 Å². The summed E-state index contributed by atoms with van der Waals surface area (Å²) in [5.41, 5.74) is -8.58. The number of carboxylic acids is 1. The van der Waals surface area contributed by atoms with Crippen molar-refractivity contribution in [2.75, 3.05) is 0 Å². The van der Waals surface area contributed by atoms with Gasteiger partial charge in [-0.1, -0.05) is 0 Å². The van der Waals surface area contributed by atoms with Crippen LogP contribution in [0.15, 0.2) is 0 Å². The molecule has 21 heteroatoms. The van der Waals surface area contributed by atoms with Crippen molar-refractivity contribution < 1.29 is 119 Å². The molecule has 1 atom stereocenters. The van der Waals surface area contributed by atoms with Crippen molar-refractivity contribution in [3.05, 3.63) is 0 Å². The van der Waals surface area contributed by atoms with E-state index >= 15 is 0 Å². The van der Waals surface area contributed by atoms with Crippen LogP contribution in [-0.2, 0) is 9.53 Å². The quantitative estimate of drug-likeness (QED) is 0.406. The first-order chi connectivity index (χ1) is 12.7. The van der Waals surface area contributed by atoms with Gasteiger partial charge >= 0.3 is 83.0 Å². The molecule has 1 aliphatic rings. The van der Waals surface area contributed by atoms with Crippen LogP contribution < -0.4 is 34.7 Å². The molecule has 1 saturated carbocycles. The SMILES string of the molecule is O=C([O-])C(F)(OC(F)(F)C1(F)C(F)(F)C(F)(F)C(F)(F)C(F)(F)C1(F)F)C(F)(F)F.[Na+]. The predicted molar refractivity (Wildman–Crippen MR) is 49.5 cm³/mol. The maximum Gasteiger partial charge on any atom is 1.00 e. The number of carbonyl (C=O) groups excluding carboxylic acids is 1. The normalized spacial score (nSPS) is 27.5. The molecule has 31 heavy (non-hydrogen) atoms. The van der Waals surface area contributed by atoms with Crippen LogP contribution in [0, 0.1) is 0 Å². The number of ether oxygens (including phenoxy) is 1. The Kier molecular flexibility index (Phi) is 6.94. The van der Waals surface area contributed by atoms with E-state index in [1.165, 1.54) is 4.74 Å². The summed E-state index contributed by atoms with van der Waals surface area (Å²) in [6.07, 6.45) is -15.7. The Hall–Kier alpha value is -0.760. The van der Waals surface area contributed by atoms with Gasteiger partial charge in [0.05, 0.1) is 0 Å². The van der Waals surface area contributed by atoms with Crippen molar-refractivity contribution in [3.8, 4) is 0 Å². The van der Waals surface area contributed by atoms with Crippen LogP contribution in [0.5, 0.6) is 0 Å². The van der Waals surface area contributed by atoms with E-state index in [1.54, 1.807) is 0 Å². The largest absolute Gasteiger partial charge is 1.00 e. The van der Waals surface area contributed by atoms with E-state index in [1.807, 2.05) is 0 Å². The summed E-state index contributed by atoms with van der Waals surface area (Å²) in [5.74, 6) is -53.2. The maximum atomic E-state index is 14.0. The van der Waals surface area contributed by atoms with E-state index in [0.29, 0.717) is 0 Å². The van der Waals surface area contributed by atoms with Gasteiger partial charge in [-0.2, -0.15) is 70.2 Å². The molecule has 3 nitrogen and oxygen atoms in total. The van der Waals surface area contributed by atoms with Crippen LogP contribution in [0.1, 0.15) is 0 Å². The Morgan fingerprint density at radius 2 is 0.871 bits per heavy atom. The van der Waals surface area contributed by atoms with Gasteiger partial charge in [0.25, 0.3) is 0 Å². The molecular formula is C10F17NaO3. The van der Waals surface area contributed by atoms with Crippen LogP contribution >= 0.6 is 0 Å². The first-order valence-electron chi connectivity index (χ1n) is 6.28. The van der Waals surface area contributed by atoms with Crippen molar-refractivity contribution in [1.29, 1.82) is 0 Å². The molecule has 0 N–H and O–H groups in total. The van der Waals surface area contributed by atoms with Crippen molar-refractivity contribution >= 4 is 5.97 Å². The van der Waals surface area contributed by atoms with Crippen LogP contribution in [0.3, 0.4) is 0 Å². The molecule has 0 spiro atoms. The van der Waals surface area contributed by atoms with Gasteiger partial charge in [-0.15, -0.1) is 0 Å². The minimum atomic E-state index is -8.58. The van der Waals surface area contributed by atoms with E-state index in [2.05, 4.69) is 0 Å². The van der Waals surface area contributed by atoms with Crippen molar-refractivity contribution in [2.45, 2.75) is 53.4 Å². The van der Waals surface area contributed by atoms with E-state index in [-0.39, 0.29) is 29.6 Å². The molecule has 1 fully saturated rings. The zero-order valence-corrected chi connectivity index (χ0v) is 15.7. The number of hydrogen-bond donors (Lipinski definition) is 0. The van der Waals surface area contributed by atoms with Gasteiger partial charge in [-0.25, -0.2) is 4.39 Å². The molecule has 0 bridgehead atoms. The standard InChI is InChI=1S/C10HF17O3.Na/c11-2(1(28)29,9(23,24)25)30-10(26,27)3(12)4(13,14)6(17,18)8(21,22)7(19,20)5(3,15)16;/h(H,28,29);/q;+1/p-1. The summed E-state index contributed by atoms with van der Waals surface area (Å²) >= 11 is 0. The molecule has 1 aliphatic carbocycles. The fraction of sp³-hybridized carbons (Fsp3) is 0.900. The topological polar surface area (TPSA) is 49.4 Å². The Labute approximate surface area is 178 Å². The number of hydrogen-bond acceptors (Lipinski definition) is 3. The molecule has 1 rings (SSSR count). The second-order valence-electron chi connectivity index (χ2n) is 5.53. The summed E-state index contributed by atoms with van der Waals surface area (Å²) in [5, 5.41) is 10.0. The maximum absolute atomic E-state index is 14.0. The number of halogens is 17. The van der Waals surface area contributed by atoms with Crippen LogP contribution in [0.2, 0.25) is 0 Å². The first-order valence-corrected chi connectivity index (χ1v) is 6.28. The number of rotatable bonds is 4. The van der Waals surface area contributed by atoms with E-state index < -0.39 is 59.4 Å². The van der Waals surface area contributed by atoms with Gasteiger partial charge < -0.3 is 9.90 Å². The van der Waals surface area contributed by atoms with E-state index in [4.69, 9.17) is 0 Å². The van der Waals surface area contributed by atoms with E-state index in [0.717, 1.165) is 0 Å². The van der Waals surface area contributed by atoms with Crippen LogP contribution in [-0.4, -0.2) is 59.4 Å². The van der Waals surface area contributed by atoms with Crippen molar-refractivity contribution in [2.24, 2.45) is 0 Å². The summed E-state index contributed by atoms with van der Waals surface area (Å²) < 4.78 is 224. The second kappa shape index (κ2) is 7.12. The van der Waals surface area contributed by atoms with Crippen molar-refractivity contribution in [3.63, 3.8) is 0 Å². The Balaban J connectivity index is 0.00000900. The van der Waals surface area contributed by atoms with Crippen LogP contribution in [0.25, 0.3) is 0 Å². The molecular weight excluding hydrogens is 514 g/mol. The second-order valence-corrected chi connectivity index (χ2v) is 5.53. The number of carboxylic acid groups (broad SMARTS) is 1. The molecule has 1 unspecified atom stereocenters. The van der Waals surface area contributed by atoms with Gasteiger partial charge in [0.15, 0.2) is 0 Å². The molecule has 0 heterocycles. The van der Waals surface area contributed by atoms with Gasteiger partial charge in [0.2, 0.25) is 0 Å². The molecule has 0 amide bonds. The molecule has 0 radical (unpaired) electrons. The first kappa shape index (κ1) is 30.2. The Morgan fingerprint density at radius 1 is 0.613 bits per heavy atom. The smallest absolute Gasteiger partial charge is 0.544 e. The van der Waals surface area contributed by atoms with Gasteiger partial charge in [0, 0.05) is 0 Å². The average Bonchev–Trinajstić information content (AvgIpc) is 2.49. The van der Waals surface area contributed by atoms with Crippen molar-refractivity contribution in [1.82, 2.24) is 0 Å². The molecule has 0 aromatic heterocycles. The summed E-state index contributed by atoms with van der Waals surface area (Å²) in [6, 6.07) is 0. The fourth-order valence-corrected chi connectivity index (χ4v) is 2.05. The minimum Gasteiger partial charge on any atom is -0.544 e. The van der Waals surface area contributed by atoms with Gasteiger partial charge in [-0.3, -0.25) is 4.74 Å². The number of alkyl halides is 17. The van der Waals surface area contributed by atoms with Crippen LogP contribution in [0.4, 0.5) is 74.6 Å². The Bertz CT molecular complexity index is 700. The minimum absolute atomic E-state index is 0. The molecule has 178 valence electrons. The molecule has 0 aliphatic heterocycles. The van der Waals surface area contributed by atoms with Gasteiger partial charge in [0.1, 0.15) is 5.97 Å². The molecule has 0 saturated heterocycles. The van der Waals surface area contributed by atoms with E-state index in [9.17, 15) is 84.5 Å². The Morgan fingerprint density at radius 3 is 1.10 bits per heavy atom. The molecule has 0 aromatic carbocycles.